The lowest BCUT2D eigenvalue weighted by atomic mass is 9.99. The van der Waals surface area contributed by atoms with Crippen LogP contribution in [0.15, 0.2) is 72.9 Å². The smallest absolute Gasteiger partial charge is 0.306 e. The zero-order valence-electron chi connectivity index (χ0n) is 55.0. The van der Waals surface area contributed by atoms with Gasteiger partial charge >= 0.3 is 5.97 Å². The maximum atomic E-state index is 13.5. The molecular formula is C74H133NO10. The summed E-state index contributed by atoms with van der Waals surface area (Å²) in [6.07, 6.45) is 69.4. The van der Waals surface area contributed by atoms with Gasteiger partial charge in [-0.15, -0.1) is 0 Å². The molecular weight excluding hydrogens is 1060 g/mol. The summed E-state index contributed by atoms with van der Waals surface area (Å²) in [5, 5.41) is 57.2. The van der Waals surface area contributed by atoms with Crippen molar-refractivity contribution in [1.29, 1.82) is 0 Å². The third-order valence-corrected chi connectivity index (χ3v) is 16.6. The van der Waals surface area contributed by atoms with Gasteiger partial charge in [0.2, 0.25) is 5.91 Å². The fourth-order valence-corrected chi connectivity index (χ4v) is 10.9. The van der Waals surface area contributed by atoms with Gasteiger partial charge in [-0.2, -0.15) is 0 Å². The number of unbranched alkanes of at least 4 members (excludes halogenated alkanes) is 37. The minimum absolute atomic E-state index is 0.101. The zero-order chi connectivity index (χ0) is 61.7. The van der Waals surface area contributed by atoms with Gasteiger partial charge in [0, 0.05) is 6.42 Å². The number of ether oxygens (including phenoxy) is 3. The van der Waals surface area contributed by atoms with Crippen molar-refractivity contribution in [2.75, 3.05) is 13.2 Å². The molecule has 0 saturated carbocycles. The Hall–Kier alpha value is -2.90. The van der Waals surface area contributed by atoms with Gasteiger partial charge in [0.1, 0.15) is 24.4 Å². The van der Waals surface area contributed by atoms with E-state index < -0.39 is 67.4 Å². The third kappa shape index (κ3) is 48.7. The quantitative estimate of drug-likeness (QED) is 0.0195. The highest BCUT2D eigenvalue weighted by molar-refractivity contribution is 5.80. The summed E-state index contributed by atoms with van der Waals surface area (Å²) in [6, 6.07) is -1.03. The SMILES string of the molecule is CCCCC/C=C\C/C=C\C/C=C\C/C=C\CCCCCCCC(=O)OC1C(OCC(NC(=O)C(O)CCCCCCCCCCCCCCCC/C=C/CCCCCCCC)C(O)/C=C/CCCCCCCCCCC)OC(CO)C(O)C1O. The largest absolute Gasteiger partial charge is 0.454 e. The highest BCUT2D eigenvalue weighted by Crippen LogP contribution is 2.26. The lowest BCUT2D eigenvalue weighted by Gasteiger charge is -2.41. The summed E-state index contributed by atoms with van der Waals surface area (Å²) in [5.41, 5.74) is 0. The number of esters is 1. The van der Waals surface area contributed by atoms with E-state index >= 15 is 0 Å². The Bertz CT molecular complexity index is 1660. The summed E-state index contributed by atoms with van der Waals surface area (Å²) in [4.78, 5) is 26.7. The Balaban J connectivity index is 2.57. The van der Waals surface area contributed by atoms with Crippen LogP contribution in [0.1, 0.15) is 323 Å². The topological polar surface area (TPSA) is 175 Å². The van der Waals surface area contributed by atoms with Crippen LogP contribution < -0.4 is 5.32 Å². The molecule has 1 aliphatic rings. The number of hydrogen-bond donors (Lipinski definition) is 6. The van der Waals surface area contributed by atoms with Gasteiger partial charge in [-0.05, 0) is 96.3 Å². The fourth-order valence-electron chi connectivity index (χ4n) is 10.9. The van der Waals surface area contributed by atoms with Crippen molar-refractivity contribution in [3.63, 3.8) is 0 Å². The number of allylic oxidation sites excluding steroid dienone is 11. The van der Waals surface area contributed by atoms with Crippen LogP contribution in [0.25, 0.3) is 0 Å². The fraction of sp³-hybridized carbons (Fsp3) is 0.811. The summed E-state index contributed by atoms with van der Waals surface area (Å²) in [5.74, 6) is -1.21. The Labute approximate surface area is 521 Å². The number of amides is 1. The number of hydrogen-bond acceptors (Lipinski definition) is 10. The first kappa shape index (κ1) is 80.1. The number of carbonyl (C=O) groups excluding carboxylic acids is 2. The summed E-state index contributed by atoms with van der Waals surface area (Å²) >= 11 is 0. The van der Waals surface area contributed by atoms with Crippen LogP contribution in [0.3, 0.4) is 0 Å². The predicted molar refractivity (Wildman–Crippen MR) is 356 cm³/mol. The lowest BCUT2D eigenvalue weighted by molar-refractivity contribution is -0.305. The zero-order valence-corrected chi connectivity index (χ0v) is 55.0. The molecule has 11 nitrogen and oxygen atoms in total. The lowest BCUT2D eigenvalue weighted by Crippen LogP contribution is -2.61. The van der Waals surface area contributed by atoms with Crippen molar-refractivity contribution in [1.82, 2.24) is 5.32 Å². The van der Waals surface area contributed by atoms with Crippen LogP contribution in [0.4, 0.5) is 0 Å². The standard InChI is InChI=1S/C74H133NO10/c1-4-7-10-13-16-19-22-24-26-28-30-32-33-34-36-37-39-41-43-46-49-52-55-58-61-67(78)73(82)75-65(66(77)60-57-54-51-48-45-21-18-15-12-9-6-3)64-83-74-72(71(81)70(80)68(63-76)84-74)85-69(79)62-59-56-53-50-47-44-42-40-38-35-31-29-27-25-23-20-17-14-11-8-5-2/h17,20,24-27,31,35,40,42,57,60,65-68,70-72,74,76-78,80-81H,4-16,18-19,21-23,28-30,32-34,36-39,41,43-56,58-59,61-64H2,1-3H3,(H,75,82)/b20-17-,26-24+,27-25-,35-31-,42-40-,60-57+. The second kappa shape index (κ2) is 61.3. The number of aliphatic hydroxyl groups is 5. The molecule has 1 saturated heterocycles. The van der Waals surface area contributed by atoms with Gasteiger partial charge in [-0.25, -0.2) is 0 Å². The molecule has 8 atom stereocenters. The van der Waals surface area contributed by atoms with Crippen molar-refractivity contribution >= 4 is 11.9 Å². The molecule has 85 heavy (non-hydrogen) atoms. The first-order chi connectivity index (χ1) is 41.7. The molecule has 6 N–H and O–H groups in total. The van der Waals surface area contributed by atoms with E-state index in [1.807, 2.05) is 6.08 Å². The number of nitrogens with one attached hydrogen (secondary N) is 1. The molecule has 0 aromatic rings. The van der Waals surface area contributed by atoms with E-state index in [4.69, 9.17) is 14.2 Å². The van der Waals surface area contributed by atoms with Crippen molar-refractivity contribution < 1.29 is 49.3 Å². The van der Waals surface area contributed by atoms with Crippen LogP contribution in [0.5, 0.6) is 0 Å². The Morgan fingerprint density at radius 2 is 0.812 bits per heavy atom. The van der Waals surface area contributed by atoms with Crippen LogP contribution >= 0.6 is 0 Å². The van der Waals surface area contributed by atoms with E-state index in [0.717, 1.165) is 89.9 Å². The van der Waals surface area contributed by atoms with Gasteiger partial charge < -0.3 is 45.1 Å². The number of carbonyl (C=O) groups is 2. The molecule has 0 aromatic heterocycles. The second-order valence-electron chi connectivity index (χ2n) is 24.6. The van der Waals surface area contributed by atoms with Gasteiger partial charge in [-0.1, -0.05) is 293 Å². The van der Waals surface area contributed by atoms with Gasteiger partial charge in [-0.3, -0.25) is 9.59 Å². The van der Waals surface area contributed by atoms with E-state index in [1.54, 1.807) is 6.08 Å². The normalized spacial score (nSPS) is 18.8. The first-order valence-electron chi connectivity index (χ1n) is 35.7. The monoisotopic (exact) mass is 1200 g/mol. The molecule has 1 rings (SSSR count). The average molecular weight is 1200 g/mol. The summed E-state index contributed by atoms with van der Waals surface area (Å²) < 4.78 is 17.7. The Morgan fingerprint density at radius 1 is 0.459 bits per heavy atom. The molecule has 0 spiro atoms. The second-order valence-corrected chi connectivity index (χ2v) is 24.6. The maximum absolute atomic E-state index is 13.5. The Morgan fingerprint density at radius 3 is 1.25 bits per heavy atom. The molecule has 494 valence electrons. The first-order valence-corrected chi connectivity index (χ1v) is 35.7. The number of aliphatic hydroxyl groups excluding tert-OH is 5. The van der Waals surface area contributed by atoms with Crippen LogP contribution in [0, 0.1) is 0 Å². The van der Waals surface area contributed by atoms with Crippen molar-refractivity contribution in [3.05, 3.63) is 72.9 Å². The molecule has 1 amide bonds. The molecule has 0 aromatic carbocycles. The highest BCUT2D eigenvalue weighted by atomic mass is 16.7. The minimum Gasteiger partial charge on any atom is -0.454 e. The van der Waals surface area contributed by atoms with E-state index in [2.05, 4.69) is 86.8 Å². The van der Waals surface area contributed by atoms with E-state index in [0.29, 0.717) is 12.8 Å². The van der Waals surface area contributed by atoms with Crippen molar-refractivity contribution in [2.45, 2.75) is 372 Å². The third-order valence-electron chi connectivity index (χ3n) is 16.6. The van der Waals surface area contributed by atoms with Crippen molar-refractivity contribution in [3.8, 4) is 0 Å². The number of rotatable bonds is 61. The summed E-state index contributed by atoms with van der Waals surface area (Å²) in [7, 11) is 0. The van der Waals surface area contributed by atoms with Gasteiger partial charge in [0.25, 0.3) is 0 Å². The molecule has 1 heterocycles. The maximum Gasteiger partial charge on any atom is 0.306 e. The molecule has 1 aliphatic heterocycles. The Kier molecular flexibility index (Phi) is 57.8. The summed E-state index contributed by atoms with van der Waals surface area (Å²) in [6.45, 7) is 5.77. The molecule has 8 unspecified atom stereocenters. The van der Waals surface area contributed by atoms with Crippen LogP contribution in [0.2, 0.25) is 0 Å². The molecule has 0 aliphatic carbocycles. The van der Waals surface area contributed by atoms with Crippen LogP contribution in [-0.2, 0) is 23.8 Å². The van der Waals surface area contributed by atoms with E-state index in [1.165, 1.54) is 186 Å². The minimum atomic E-state index is -1.62. The predicted octanol–water partition coefficient (Wildman–Crippen LogP) is 18.3. The molecule has 0 radical (unpaired) electrons. The molecule has 1 fully saturated rings. The molecule has 11 heteroatoms. The molecule has 0 bridgehead atoms. The van der Waals surface area contributed by atoms with Gasteiger partial charge in [0.15, 0.2) is 12.4 Å². The highest BCUT2D eigenvalue weighted by Gasteiger charge is 2.47. The van der Waals surface area contributed by atoms with Crippen molar-refractivity contribution in [2.24, 2.45) is 0 Å². The average Bonchev–Trinajstić information content (AvgIpc) is 2.91. The van der Waals surface area contributed by atoms with E-state index in [-0.39, 0.29) is 19.4 Å². The van der Waals surface area contributed by atoms with E-state index in [9.17, 15) is 35.1 Å². The van der Waals surface area contributed by atoms with Crippen LogP contribution in [-0.4, -0.2) is 99.6 Å². The van der Waals surface area contributed by atoms with Gasteiger partial charge in [0.05, 0.1) is 25.4 Å².